The first kappa shape index (κ1) is 13.0. The van der Waals surface area contributed by atoms with Crippen LogP contribution in [0, 0.1) is 0 Å². The quantitative estimate of drug-likeness (QED) is 0.906. The van der Waals surface area contributed by atoms with E-state index < -0.39 is 10.0 Å². The molecular weight excluding hydrogens is 272 g/mol. The topological polar surface area (TPSA) is 68.3 Å². The van der Waals surface area contributed by atoms with Gasteiger partial charge in [0, 0.05) is 18.9 Å². The minimum atomic E-state index is -3.53. The molecule has 5 nitrogen and oxygen atoms in total. The van der Waals surface area contributed by atoms with Gasteiger partial charge in [-0.3, -0.25) is 4.98 Å². The van der Waals surface area contributed by atoms with E-state index in [9.17, 15) is 8.42 Å². The van der Waals surface area contributed by atoms with Gasteiger partial charge in [0.2, 0.25) is 0 Å². The summed E-state index contributed by atoms with van der Waals surface area (Å²) in [5.41, 5.74) is 0.851. The van der Waals surface area contributed by atoms with E-state index in [0.717, 1.165) is 16.9 Å². The third-order valence-electron chi connectivity index (χ3n) is 2.28. The van der Waals surface area contributed by atoms with Crippen LogP contribution in [-0.2, 0) is 16.6 Å². The van der Waals surface area contributed by atoms with E-state index in [2.05, 4.69) is 9.71 Å². The number of thiophene rings is 1. The molecule has 0 aromatic carbocycles. The highest BCUT2D eigenvalue weighted by Crippen LogP contribution is 2.29. The van der Waals surface area contributed by atoms with E-state index in [-0.39, 0.29) is 10.8 Å². The molecule has 0 radical (unpaired) electrons. The highest BCUT2D eigenvalue weighted by atomic mass is 32.2. The largest absolute Gasteiger partial charge is 0.494 e. The van der Waals surface area contributed by atoms with Crippen LogP contribution in [0.5, 0.6) is 5.75 Å². The van der Waals surface area contributed by atoms with E-state index in [4.69, 9.17) is 4.74 Å². The number of hydrogen-bond acceptors (Lipinski definition) is 5. The lowest BCUT2D eigenvalue weighted by atomic mass is 10.3. The molecule has 96 valence electrons. The average Bonchev–Trinajstić information content (AvgIpc) is 2.87. The maximum absolute atomic E-state index is 12.1. The smallest absolute Gasteiger partial charge is 0.254 e. The Hall–Kier alpha value is -1.44. The lowest BCUT2D eigenvalue weighted by Gasteiger charge is -2.06. The highest BCUT2D eigenvalue weighted by Gasteiger charge is 2.20. The molecule has 0 unspecified atom stereocenters. The van der Waals surface area contributed by atoms with Gasteiger partial charge >= 0.3 is 0 Å². The van der Waals surface area contributed by atoms with E-state index in [0.29, 0.717) is 5.75 Å². The van der Waals surface area contributed by atoms with Crippen molar-refractivity contribution >= 4 is 21.4 Å². The molecule has 0 saturated heterocycles. The summed E-state index contributed by atoms with van der Waals surface area (Å²) in [6, 6.07) is 5.15. The van der Waals surface area contributed by atoms with Crippen molar-refractivity contribution in [3.63, 3.8) is 0 Å². The second kappa shape index (κ2) is 5.47. The Bertz CT molecular complexity index is 608. The summed E-state index contributed by atoms with van der Waals surface area (Å²) in [6.07, 6.45) is 3.24. The second-order valence-electron chi connectivity index (χ2n) is 3.46. The Morgan fingerprint density at radius 1 is 1.33 bits per heavy atom. The Morgan fingerprint density at radius 2 is 2.06 bits per heavy atom. The van der Waals surface area contributed by atoms with Crippen molar-refractivity contribution in [3.8, 4) is 5.75 Å². The minimum Gasteiger partial charge on any atom is -0.494 e. The fourth-order valence-electron chi connectivity index (χ4n) is 1.38. The number of ether oxygens (including phenoxy) is 1. The molecule has 1 N–H and O–H groups in total. The summed E-state index contributed by atoms with van der Waals surface area (Å²) in [5, 5.41) is 1.68. The van der Waals surface area contributed by atoms with Gasteiger partial charge in [-0.15, -0.1) is 11.3 Å². The van der Waals surface area contributed by atoms with Crippen molar-refractivity contribution < 1.29 is 13.2 Å². The van der Waals surface area contributed by atoms with Crippen LogP contribution in [0.15, 0.2) is 40.2 Å². The molecule has 0 aliphatic rings. The monoisotopic (exact) mass is 284 g/mol. The van der Waals surface area contributed by atoms with E-state index >= 15 is 0 Å². The summed E-state index contributed by atoms with van der Waals surface area (Å²) in [6.45, 7) is 0.228. The summed E-state index contributed by atoms with van der Waals surface area (Å²) < 4.78 is 31.8. The SMILES string of the molecule is COc1ccsc1S(=O)(=O)NCc1ccncc1. The van der Waals surface area contributed by atoms with Gasteiger partial charge in [0.1, 0.15) is 5.75 Å². The van der Waals surface area contributed by atoms with Crippen LogP contribution in [0.2, 0.25) is 0 Å². The zero-order chi connectivity index (χ0) is 13.0. The number of hydrogen-bond donors (Lipinski definition) is 1. The molecule has 0 amide bonds. The van der Waals surface area contributed by atoms with Crippen LogP contribution in [0.25, 0.3) is 0 Å². The first-order valence-electron chi connectivity index (χ1n) is 5.13. The molecule has 0 spiro atoms. The molecule has 0 bridgehead atoms. The number of nitrogens with zero attached hydrogens (tertiary/aromatic N) is 1. The summed E-state index contributed by atoms with van der Waals surface area (Å²) in [5.74, 6) is 0.363. The number of aromatic nitrogens is 1. The number of pyridine rings is 1. The van der Waals surface area contributed by atoms with Gasteiger partial charge in [-0.05, 0) is 29.1 Å². The number of nitrogens with one attached hydrogen (secondary N) is 1. The van der Waals surface area contributed by atoms with Gasteiger partial charge in [-0.25, -0.2) is 13.1 Å². The van der Waals surface area contributed by atoms with Crippen molar-refractivity contribution in [2.75, 3.05) is 7.11 Å². The van der Waals surface area contributed by atoms with Crippen LogP contribution in [0.4, 0.5) is 0 Å². The maximum Gasteiger partial charge on any atom is 0.254 e. The molecule has 7 heteroatoms. The number of rotatable bonds is 5. The molecule has 0 atom stereocenters. The van der Waals surface area contributed by atoms with E-state index in [1.165, 1.54) is 7.11 Å². The summed E-state index contributed by atoms with van der Waals surface area (Å²) in [4.78, 5) is 3.87. The van der Waals surface area contributed by atoms with Crippen molar-refractivity contribution in [1.29, 1.82) is 0 Å². The third kappa shape index (κ3) is 2.87. The molecule has 2 heterocycles. The predicted molar refractivity (Wildman–Crippen MR) is 69.1 cm³/mol. The van der Waals surface area contributed by atoms with E-state index in [1.807, 2.05) is 0 Å². The van der Waals surface area contributed by atoms with Gasteiger partial charge in [-0.1, -0.05) is 0 Å². The number of sulfonamides is 1. The fourth-order valence-corrected chi connectivity index (χ4v) is 3.71. The van der Waals surface area contributed by atoms with E-state index in [1.54, 1.807) is 36.0 Å². The third-order valence-corrected chi connectivity index (χ3v) is 5.12. The molecule has 2 rings (SSSR count). The van der Waals surface area contributed by atoms with Crippen molar-refractivity contribution in [2.24, 2.45) is 0 Å². The lowest BCUT2D eigenvalue weighted by Crippen LogP contribution is -2.22. The zero-order valence-corrected chi connectivity index (χ0v) is 11.3. The van der Waals surface area contributed by atoms with Gasteiger partial charge in [0.25, 0.3) is 10.0 Å². The molecule has 0 aliphatic carbocycles. The van der Waals surface area contributed by atoms with Crippen LogP contribution < -0.4 is 9.46 Å². The second-order valence-corrected chi connectivity index (χ2v) is 6.33. The summed E-state index contributed by atoms with van der Waals surface area (Å²) in [7, 11) is -2.09. The maximum atomic E-state index is 12.1. The van der Waals surface area contributed by atoms with Crippen LogP contribution >= 0.6 is 11.3 Å². The first-order chi connectivity index (χ1) is 8.63. The Balaban J connectivity index is 2.13. The molecule has 2 aromatic heterocycles. The van der Waals surface area contributed by atoms with Crippen LogP contribution in [0.3, 0.4) is 0 Å². The van der Waals surface area contributed by atoms with Gasteiger partial charge < -0.3 is 4.74 Å². The first-order valence-corrected chi connectivity index (χ1v) is 7.50. The Labute approximate surface area is 110 Å². The van der Waals surface area contributed by atoms with Crippen LogP contribution in [-0.4, -0.2) is 20.5 Å². The van der Waals surface area contributed by atoms with Crippen molar-refractivity contribution in [1.82, 2.24) is 9.71 Å². The zero-order valence-electron chi connectivity index (χ0n) is 9.66. The number of methoxy groups -OCH3 is 1. The average molecular weight is 284 g/mol. The standard InChI is InChI=1S/C11H12N2O3S2/c1-16-10-4-7-17-11(10)18(14,15)13-8-9-2-5-12-6-3-9/h2-7,13H,8H2,1H3. The fraction of sp³-hybridized carbons (Fsp3) is 0.182. The predicted octanol–water partition coefficient (Wildman–Crippen LogP) is 1.63. The molecule has 18 heavy (non-hydrogen) atoms. The normalized spacial score (nSPS) is 11.4. The molecular formula is C11H12N2O3S2. The van der Waals surface area contributed by atoms with Crippen molar-refractivity contribution in [3.05, 3.63) is 41.5 Å². The molecule has 0 fully saturated rings. The lowest BCUT2D eigenvalue weighted by molar-refractivity contribution is 0.406. The molecule has 2 aromatic rings. The molecule has 0 saturated carbocycles. The Morgan fingerprint density at radius 3 is 2.72 bits per heavy atom. The Kier molecular flexibility index (Phi) is 3.95. The van der Waals surface area contributed by atoms with Gasteiger partial charge in [0.05, 0.1) is 7.11 Å². The van der Waals surface area contributed by atoms with Crippen molar-refractivity contribution in [2.45, 2.75) is 10.8 Å². The van der Waals surface area contributed by atoms with Gasteiger partial charge in [-0.2, -0.15) is 0 Å². The molecule has 0 aliphatic heterocycles. The minimum absolute atomic E-state index is 0.194. The van der Waals surface area contributed by atoms with Gasteiger partial charge in [0.15, 0.2) is 4.21 Å². The highest BCUT2D eigenvalue weighted by molar-refractivity contribution is 7.91. The van der Waals surface area contributed by atoms with Crippen LogP contribution in [0.1, 0.15) is 5.56 Å². The summed E-state index contributed by atoms with van der Waals surface area (Å²) >= 11 is 1.13.